The molecule has 2 heteroatoms. The van der Waals surface area contributed by atoms with Gasteiger partial charge in [-0.3, -0.25) is 0 Å². The molecule has 3 aromatic rings. The van der Waals surface area contributed by atoms with E-state index in [1.165, 1.54) is 20.5 Å². The first-order valence-electron chi connectivity index (χ1n) is 5.11. The Balaban J connectivity index is 2.01. The van der Waals surface area contributed by atoms with Crippen molar-refractivity contribution in [1.29, 1.82) is 0 Å². The molecule has 0 amide bonds. The van der Waals surface area contributed by atoms with Crippen molar-refractivity contribution in [3.8, 4) is 0 Å². The monoisotopic (exact) mass is 242 g/mol. The molecule has 78 valence electrons. The molecule has 0 saturated carbocycles. The molecule has 0 aliphatic rings. The van der Waals surface area contributed by atoms with Gasteiger partial charge >= 0.3 is 0 Å². The van der Waals surface area contributed by atoms with Gasteiger partial charge in [0.05, 0.1) is 0 Å². The Hall–Kier alpha value is -1.38. The lowest BCUT2D eigenvalue weighted by Gasteiger charge is -1.90. The Morgan fingerprint density at radius 3 is 2.69 bits per heavy atom. The number of rotatable bonds is 2. The standard InChI is InChI=1S/C14H10S2/c1-2-6-14-13(5-1)11(10-16-14)7-8-12-4-3-9-15-12/h1-10H/b8-7+. The van der Waals surface area contributed by atoms with Crippen molar-refractivity contribution in [2.45, 2.75) is 0 Å². The third-order valence-electron chi connectivity index (χ3n) is 2.48. The second-order valence-corrected chi connectivity index (χ2v) is 5.43. The Morgan fingerprint density at radius 2 is 1.81 bits per heavy atom. The second-order valence-electron chi connectivity index (χ2n) is 3.54. The van der Waals surface area contributed by atoms with Gasteiger partial charge in [-0.2, -0.15) is 0 Å². The average Bonchev–Trinajstić information content (AvgIpc) is 2.96. The Morgan fingerprint density at radius 1 is 0.875 bits per heavy atom. The van der Waals surface area contributed by atoms with E-state index in [-0.39, 0.29) is 0 Å². The van der Waals surface area contributed by atoms with Crippen LogP contribution in [0.4, 0.5) is 0 Å². The van der Waals surface area contributed by atoms with Crippen LogP contribution in [0.5, 0.6) is 0 Å². The zero-order valence-electron chi connectivity index (χ0n) is 8.59. The lowest BCUT2D eigenvalue weighted by Crippen LogP contribution is -1.66. The molecule has 0 aliphatic heterocycles. The predicted octanol–water partition coefficient (Wildman–Crippen LogP) is 5.13. The first-order chi connectivity index (χ1) is 7.93. The highest BCUT2D eigenvalue weighted by Gasteiger charge is 1.99. The predicted molar refractivity (Wildman–Crippen MR) is 75.1 cm³/mol. The summed E-state index contributed by atoms with van der Waals surface area (Å²) >= 11 is 3.57. The average molecular weight is 242 g/mol. The Labute approximate surface area is 102 Å². The van der Waals surface area contributed by atoms with Crippen LogP contribution in [0.1, 0.15) is 10.4 Å². The molecule has 0 atom stereocenters. The maximum Gasteiger partial charge on any atom is 0.0348 e. The van der Waals surface area contributed by atoms with Crippen LogP contribution in [0.25, 0.3) is 22.2 Å². The maximum atomic E-state index is 2.22. The van der Waals surface area contributed by atoms with Crippen LogP contribution in [-0.2, 0) is 0 Å². The molecule has 0 bridgehead atoms. The van der Waals surface area contributed by atoms with Gasteiger partial charge in [0, 0.05) is 9.58 Å². The van der Waals surface area contributed by atoms with Gasteiger partial charge in [-0.15, -0.1) is 22.7 Å². The zero-order chi connectivity index (χ0) is 10.8. The molecule has 0 spiro atoms. The summed E-state index contributed by atoms with van der Waals surface area (Å²) in [7, 11) is 0. The Kier molecular flexibility index (Phi) is 2.60. The summed E-state index contributed by atoms with van der Waals surface area (Å²) < 4.78 is 1.35. The highest BCUT2D eigenvalue weighted by molar-refractivity contribution is 7.17. The van der Waals surface area contributed by atoms with Gasteiger partial charge in [0.2, 0.25) is 0 Å². The van der Waals surface area contributed by atoms with E-state index < -0.39 is 0 Å². The molecule has 0 N–H and O–H groups in total. The minimum absolute atomic E-state index is 1.30. The summed E-state index contributed by atoms with van der Waals surface area (Å²) in [6.07, 6.45) is 4.38. The number of benzene rings is 1. The van der Waals surface area contributed by atoms with E-state index in [0.717, 1.165) is 0 Å². The van der Waals surface area contributed by atoms with E-state index in [9.17, 15) is 0 Å². The zero-order valence-corrected chi connectivity index (χ0v) is 10.2. The molecule has 2 aromatic heterocycles. The molecule has 3 rings (SSSR count). The third-order valence-corrected chi connectivity index (χ3v) is 4.30. The summed E-state index contributed by atoms with van der Waals surface area (Å²) in [5.41, 5.74) is 1.31. The summed E-state index contributed by atoms with van der Waals surface area (Å²) in [6.45, 7) is 0. The SMILES string of the molecule is C(=C\c1csc2ccccc12)/c1cccs1. The molecule has 0 saturated heterocycles. The second kappa shape index (κ2) is 4.24. The van der Waals surface area contributed by atoms with Gasteiger partial charge in [-0.25, -0.2) is 0 Å². The molecule has 16 heavy (non-hydrogen) atoms. The van der Waals surface area contributed by atoms with Crippen molar-refractivity contribution in [3.63, 3.8) is 0 Å². The fraction of sp³-hybridized carbons (Fsp3) is 0. The smallest absolute Gasteiger partial charge is 0.0348 e. The van der Waals surface area contributed by atoms with Crippen molar-refractivity contribution in [3.05, 3.63) is 57.6 Å². The lowest BCUT2D eigenvalue weighted by molar-refractivity contribution is 1.83. The fourth-order valence-corrected chi connectivity index (χ4v) is 3.23. The molecular weight excluding hydrogens is 232 g/mol. The minimum Gasteiger partial charge on any atom is -0.144 e. The van der Waals surface area contributed by atoms with Gasteiger partial charge in [0.1, 0.15) is 0 Å². The van der Waals surface area contributed by atoms with E-state index in [4.69, 9.17) is 0 Å². The van der Waals surface area contributed by atoms with Crippen molar-refractivity contribution in [2.75, 3.05) is 0 Å². The topological polar surface area (TPSA) is 0 Å². The summed E-state index contributed by atoms with van der Waals surface area (Å²) in [5, 5.41) is 5.67. The lowest BCUT2D eigenvalue weighted by atomic mass is 10.1. The van der Waals surface area contributed by atoms with Crippen LogP contribution in [-0.4, -0.2) is 0 Å². The minimum atomic E-state index is 1.30. The number of fused-ring (bicyclic) bond motifs is 1. The quantitative estimate of drug-likeness (QED) is 0.584. The van der Waals surface area contributed by atoms with E-state index >= 15 is 0 Å². The molecule has 0 radical (unpaired) electrons. The molecular formula is C14H10S2. The van der Waals surface area contributed by atoms with E-state index in [2.05, 4.69) is 59.3 Å². The molecule has 0 unspecified atom stereocenters. The van der Waals surface area contributed by atoms with Crippen molar-refractivity contribution in [2.24, 2.45) is 0 Å². The third kappa shape index (κ3) is 1.82. The molecule has 0 aliphatic carbocycles. The van der Waals surface area contributed by atoms with Gasteiger partial charge in [-0.05, 0) is 39.9 Å². The maximum absolute atomic E-state index is 2.22. The fourth-order valence-electron chi connectivity index (χ4n) is 1.69. The van der Waals surface area contributed by atoms with Crippen molar-refractivity contribution >= 4 is 44.9 Å². The van der Waals surface area contributed by atoms with Gasteiger partial charge in [0.15, 0.2) is 0 Å². The van der Waals surface area contributed by atoms with Crippen LogP contribution in [0, 0.1) is 0 Å². The van der Waals surface area contributed by atoms with Crippen molar-refractivity contribution in [1.82, 2.24) is 0 Å². The molecule has 2 heterocycles. The van der Waals surface area contributed by atoms with Crippen LogP contribution in [0.2, 0.25) is 0 Å². The molecule has 0 nitrogen and oxygen atoms in total. The van der Waals surface area contributed by atoms with Crippen molar-refractivity contribution < 1.29 is 0 Å². The van der Waals surface area contributed by atoms with E-state index in [0.29, 0.717) is 0 Å². The van der Waals surface area contributed by atoms with Gasteiger partial charge < -0.3 is 0 Å². The highest BCUT2D eigenvalue weighted by Crippen LogP contribution is 2.27. The van der Waals surface area contributed by atoms with Gasteiger partial charge in [0.25, 0.3) is 0 Å². The summed E-state index contributed by atoms with van der Waals surface area (Å²) in [4.78, 5) is 1.30. The van der Waals surface area contributed by atoms with E-state index in [1.54, 1.807) is 22.7 Å². The normalized spacial score (nSPS) is 11.5. The largest absolute Gasteiger partial charge is 0.144 e. The van der Waals surface area contributed by atoms with E-state index in [1.807, 2.05) is 0 Å². The molecule has 1 aromatic carbocycles. The summed E-state index contributed by atoms with van der Waals surface area (Å²) in [6, 6.07) is 12.7. The first-order valence-corrected chi connectivity index (χ1v) is 6.87. The number of hydrogen-bond donors (Lipinski definition) is 0. The number of hydrogen-bond acceptors (Lipinski definition) is 2. The van der Waals surface area contributed by atoms with Crippen LogP contribution >= 0.6 is 22.7 Å². The van der Waals surface area contributed by atoms with Crippen LogP contribution in [0.3, 0.4) is 0 Å². The van der Waals surface area contributed by atoms with Crippen LogP contribution < -0.4 is 0 Å². The number of thiophene rings is 2. The van der Waals surface area contributed by atoms with Gasteiger partial charge in [-0.1, -0.05) is 30.3 Å². The Bertz CT molecular complexity index is 615. The first kappa shape index (κ1) is 9.82. The summed E-state index contributed by atoms with van der Waals surface area (Å²) in [5.74, 6) is 0. The highest BCUT2D eigenvalue weighted by atomic mass is 32.1. The molecule has 0 fully saturated rings. The van der Waals surface area contributed by atoms with Crippen LogP contribution in [0.15, 0.2) is 47.2 Å².